The van der Waals surface area contributed by atoms with Crippen molar-refractivity contribution in [2.45, 2.75) is 19.9 Å². The second-order valence-corrected chi connectivity index (χ2v) is 9.70. The minimum atomic E-state index is -0.824. The van der Waals surface area contributed by atoms with Gasteiger partial charge in [-0.15, -0.1) is 0 Å². The van der Waals surface area contributed by atoms with Gasteiger partial charge in [-0.05, 0) is 43.7 Å². The van der Waals surface area contributed by atoms with Gasteiger partial charge in [-0.1, -0.05) is 60.4 Å². The van der Waals surface area contributed by atoms with E-state index in [0.717, 1.165) is 16.9 Å². The number of thiazole rings is 1. The number of carbonyl (C=O) groups excluding carboxylic acids is 2. The first-order valence-electron chi connectivity index (χ1n) is 11.8. The number of carbonyl (C=O) groups is 2. The Morgan fingerprint density at radius 3 is 2.55 bits per heavy atom. The van der Waals surface area contributed by atoms with Crippen LogP contribution in [0.5, 0.6) is 5.75 Å². The number of aromatic nitrogens is 1. The number of benzene rings is 2. The van der Waals surface area contributed by atoms with E-state index >= 15 is 0 Å². The van der Waals surface area contributed by atoms with E-state index in [1.165, 1.54) is 11.0 Å². The summed E-state index contributed by atoms with van der Waals surface area (Å²) < 4.78 is 16.8. The average molecular weight is 529 g/mol. The summed E-state index contributed by atoms with van der Waals surface area (Å²) in [6.45, 7) is 11.1. The second-order valence-electron chi connectivity index (χ2n) is 8.72. The highest BCUT2D eigenvalue weighted by Gasteiger charge is 2.45. The number of hydrogen-bond donors (Lipinski definition) is 0. The van der Waals surface area contributed by atoms with E-state index < -0.39 is 17.9 Å². The summed E-state index contributed by atoms with van der Waals surface area (Å²) in [6.07, 6.45) is 3.11. The van der Waals surface area contributed by atoms with Crippen LogP contribution in [-0.2, 0) is 4.74 Å². The van der Waals surface area contributed by atoms with Crippen LogP contribution in [0.25, 0.3) is 11.0 Å². The summed E-state index contributed by atoms with van der Waals surface area (Å²) in [4.78, 5) is 46.4. The van der Waals surface area contributed by atoms with Gasteiger partial charge in [0, 0.05) is 0 Å². The van der Waals surface area contributed by atoms with E-state index in [2.05, 4.69) is 18.1 Å². The zero-order chi connectivity index (χ0) is 27.0. The maximum atomic E-state index is 13.8. The molecule has 1 amide bonds. The number of nitrogens with zero attached hydrogens (tertiary/aromatic N) is 2. The Morgan fingerprint density at radius 1 is 1.11 bits per heavy atom. The Balaban J connectivity index is 1.68. The topological polar surface area (TPSA) is 98.9 Å². The lowest BCUT2D eigenvalue weighted by molar-refractivity contribution is 0.0554. The predicted octanol–water partition coefficient (Wildman–Crippen LogP) is 5.52. The summed E-state index contributed by atoms with van der Waals surface area (Å²) in [5, 5.41) is 0.638. The Hall–Kier alpha value is -4.50. The fourth-order valence-electron chi connectivity index (χ4n) is 4.38. The molecule has 1 unspecified atom stereocenters. The van der Waals surface area contributed by atoms with Crippen molar-refractivity contribution < 1.29 is 23.5 Å². The second kappa shape index (κ2) is 10.1. The number of rotatable bonds is 8. The maximum Gasteiger partial charge on any atom is 0.350 e. The highest BCUT2D eigenvalue weighted by atomic mass is 32.1. The smallest absolute Gasteiger partial charge is 0.350 e. The largest absolute Gasteiger partial charge is 0.490 e. The molecule has 3 heterocycles. The number of anilines is 1. The van der Waals surface area contributed by atoms with Crippen LogP contribution >= 0.6 is 11.3 Å². The van der Waals surface area contributed by atoms with Gasteiger partial charge in [-0.3, -0.25) is 14.5 Å². The quantitative estimate of drug-likeness (QED) is 0.219. The van der Waals surface area contributed by atoms with Crippen LogP contribution in [0.1, 0.15) is 48.7 Å². The summed E-state index contributed by atoms with van der Waals surface area (Å²) in [7, 11) is 0. The number of hydrogen-bond acceptors (Lipinski definition) is 8. The van der Waals surface area contributed by atoms with Gasteiger partial charge in [0.25, 0.3) is 5.91 Å². The summed E-state index contributed by atoms with van der Waals surface area (Å²) in [5.74, 6) is -0.516. The van der Waals surface area contributed by atoms with Gasteiger partial charge in [0.15, 0.2) is 10.6 Å². The van der Waals surface area contributed by atoms with Gasteiger partial charge in [-0.2, -0.15) is 0 Å². The van der Waals surface area contributed by atoms with E-state index in [1.54, 1.807) is 49.4 Å². The van der Waals surface area contributed by atoms with Crippen molar-refractivity contribution in [2.75, 3.05) is 18.1 Å². The molecule has 2 aromatic carbocycles. The van der Waals surface area contributed by atoms with Crippen LogP contribution in [0, 0.1) is 13.8 Å². The van der Waals surface area contributed by atoms with Crippen LogP contribution < -0.4 is 15.1 Å². The van der Waals surface area contributed by atoms with Gasteiger partial charge >= 0.3 is 5.97 Å². The Morgan fingerprint density at radius 2 is 1.84 bits per heavy atom. The zero-order valence-electron chi connectivity index (χ0n) is 20.9. The molecule has 8 nitrogen and oxygen atoms in total. The molecule has 1 aliphatic heterocycles. The van der Waals surface area contributed by atoms with Gasteiger partial charge in [0.1, 0.15) is 29.4 Å². The van der Waals surface area contributed by atoms with Gasteiger partial charge < -0.3 is 13.9 Å². The highest BCUT2D eigenvalue weighted by molar-refractivity contribution is 7.17. The first kappa shape index (κ1) is 25.2. The lowest BCUT2D eigenvalue weighted by atomic mass is 9.98. The number of fused-ring (bicyclic) bond motifs is 2. The highest BCUT2D eigenvalue weighted by Crippen LogP contribution is 2.43. The van der Waals surface area contributed by atoms with Crippen LogP contribution in [0.2, 0.25) is 0 Å². The lowest BCUT2D eigenvalue weighted by Crippen LogP contribution is -2.29. The van der Waals surface area contributed by atoms with Crippen molar-refractivity contribution in [3.05, 3.63) is 111 Å². The molecule has 0 N–H and O–H groups in total. The molecule has 9 heteroatoms. The number of ether oxygens (including phenoxy) is 2. The molecule has 0 radical (unpaired) electrons. The van der Waals surface area contributed by atoms with E-state index in [9.17, 15) is 14.4 Å². The van der Waals surface area contributed by atoms with Crippen molar-refractivity contribution in [3.8, 4) is 5.75 Å². The standard InChI is InChI=1S/C29H24N2O6S/c1-5-13-35-19-10-8-18(9-11-19)23-22-24(32)20-15-16(3)7-12-21(20)37-25(22)27(33)31(23)29-30-17(4)26(38-29)28(34)36-14-6-2/h5-12,15,23H,1-2,13-14H2,3-4H3. The molecule has 4 aromatic rings. The minimum Gasteiger partial charge on any atom is -0.490 e. The van der Waals surface area contributed by atoms with E-state index in [0.29, 0.717) is 34.6 Å². The zero-order valence-corrected chi connectivity index (χ0v) is 21.7. The van der Waals surface area contributed by atoms with Crippen LogP contribution in [0.3, 0.4) is 0 Å². The molecule has 2 aromatic heterocycles. The lowest BCUT2D eigenvalue weighted by Gasteiger charge is -2.22. The molecule has 0 spiro atoms. The van der Waals surface area contributed by atoms with Crippen LogP contribution in [-0.4, -0.2) is 30.1 Å². The van der Waals surface area contributed by atoms with Crippen molar-refractivity contribution in [3.63, 3.8) is 0 Å². The third-order valence-corrected chi connectivity index (χ3v) is 7.24. The van der Waals surface area contributed by atoms with E-state index in [1.807, 2.05) is 13.0 Å². The molecule has 0 saturated heterocycles. The first-order valence-corrected chi connectivity index (χ1v) is 12.7. The Labute approximate surface area is 222 Å². The van der Waals surface area contributed by atoms with Crippen molar-refractivity contribution >= 4 is 39.3 Å². The maximum absolute atomic E-state index is 13.8. The molecule has 0 fully saturated rings. The molecule has 5 rings (SSSR count). The SMILES string of the molecule is C=CCOC(=O)c1sc(N2C(=O)c3oc4ccc(C)cc4c(=O)c3C2c2ccc(OCC=C)cc2)nc1C. The Bertz CT molecular complexity index is 1650. The number of aryl methyl sites for hydroxylation is 2. The molecular weight excluding hydrogens is 504 g/mol. The van der Waals surface area contributed by atoms with Crippen LogP contribution in [0.15, 0.2) is 77.0 Å². The summed E-state index contributed by atoms with van der Waals surface area (Å²) >= 11 is 1.02. The van der Waals surface area contributed by atoms with Gasteiger partial charge in [0.2, 0.25) is 5.76 Å². The van der Waals surface area contributed by atoms with Crippen LogP contribution in [0.4, 0.5) is 5.13 Å². The molecule has 0 bridgehead atoms. The van der Waals surface area contributed by atoms with Crippen molar-refractivity contribution in [1.29, 1.82) is 0 Å². The average Bonchev–Trinajstić information content (AvgIpc) is 3.44. The van der Waals surface area contributed by atoms with E-state index in [-0.39, 0.29) is 33.4 Å². The first-order chi connectivity index (χ1) is 18.3. The fourth-order valence-corrected chi connectivity index (χ4v) is 5.36. The third-order valence-electron chi connectivity index (χ3n) is 6.10. The van der Waals surface area contributed by atoms with Gasteiger partial charge in [0.05, 0.1) is 22.7 Å². The molecule has 1 atom stereocenters. The molecule has 192 valence electrons. The van der Waals surface area contributed by atoms with Crippen molar-refractivity contribution in [1.82, 2.24) is 4.98 Å². The number of esters is 1. The summed E-state index contributed by atoms with van der Waals surface area (Å²) in [5.41, 5.74) is 2.21. The monoisotopic (exact) mass is 528 g/mol. The van der Waals surface area contributed by atoms with E-state index in [4.69, 9.17) is 13.9 Å². The Kier molecular flexibility index (Phi) is 6.69. The van der Waals surface area contributed by atoms with Crippen molar-refractivity contribution in [2.24, 2.45) is 0 Å². The molecule has 38 heavy (non-hydrogen) atoms. The van der Waals surface area contributed by atoms with Gasteiger partial charge in [-0.25, -0.2) is 9.78 Å². The number of amides is 1. The molecule has 0 saturated carbocycles. The molecule has 0 aliphatic carbocycles. The fraction of sp³-hybridized carbons (Fsp3) is 0.172. The minimum absolute atomic E-state index is 0.0485. The summed E-state index contributed by atoms with van der Waals surface area (Å²) in [6, 6.07) is 11.5. The third kappa shape index (κ3) is 4.31. The normalized spacial score (nSPS) is 14.4. The molecule has 1 aliphatic rings. The predicted molar refractivity (Wildman–Crippen MR) is 145 cm³/mol. The molecular formula is C29H24N2O6S.